The lowest BCUT2D eigenvalue weighted by Gasteiger charge is -2.15. The topological polar surface area (TPSA) is 69.8 Å². The lowest BCUT2D eigenvalue weighted by Crippen LogP contribution is -2.23. The van der Waals surface area contributed by atoms with E-state index in [1.54, 1.807) is 0 Å². The molecule has 0 bridgehead atoms. The molecular weight excluding hydrogens is 228 g/mol. The normalized spacial score (nSPS) is 15.7. The predicted octanol–water partition coefficient (Wildman–Crippen LogP) is 0.755. The van der Waals surface area contributed by atoms with Crippen LogP contribution in [0.2, 0.25) is 5.02 Å². The molecule has 0 atom stereocenters. The van der Waals surface area contributed by atoms with Crippen molar-refractivity contribution in [2.24, 2.45) is 0 Å². The molecule has 1 aliphatic rings. The van der Waals surface area contributed by atoms with Crippen molar-refractivity contribution < 1.29 is 0 Å². The van der Waals surface area contributed by atoms with E-state index in [0.29, 0.717) is 12.2 Å². The number of halogens is 1. The van der Waals surface area contributed by atoms with Crippen molar-refractivity contribution in [2.75, 3.05) is 25.0 Å². The summed E-state index contributed by atoms with van der Waals surface area (Å²) in [5.41, 5.74) is 1.52. The number of H-pyrrole nitrogens is 1. The Balaban J connectivity index is 2.02. The van der Waals surface area contributed by atoms with Crippen LogP contribution in [0.3, 0.4) is 0 Å². The molecule has 1 aliphatic heterocycles. The van der Waals surface area contributed by atoms with Gasteiger partial charge in [0.05, 0.1) is 11.9 Å². The van der Waals surface area contributed by atoms with Gasteiger partial charge < -0.3 is 10.6 Å². The monoisotopic (exact) mass is 240 g/mol. The molecule has 3 N–H and O–H groups in total. The van der Waals surface area contributed by atoms with E-state index in [2.05, 4.69) is 26.9 Å². The van der Waals surface area contributed by atoms with Crippen LogP contribution in [0.15, 0.2) is 22.6 Å². The maximum absolute atomic E-state index is 11.2. The lowest BCUT2D eigenvalue weighted by atomic mass is 10.1. The number of rotatable bonds is 3. The van der Waals surface area contributed by atoms with E-state index < -0.39 is 0 Å². The third-order valence-corrected chi connectivity index (χ3v) is 2.83. The number of hydrogen-bond donors (Lipinski definition) is 3. The lowest BCUT2D eigenvalue weighted by molar-refractivity contribution is 0.698. The molecule has 0 aromatic carbocycles. The molecule has 2 heterocycles. The second kappa shape index (κ2) is 5.14. The largest absolute Gasteiger partial charge is 0.379 e. The average Bonchev–Trinajstić information content (AvgIpc) is 2.32. The van der Waals surface area contributed by atoms with Crippen LogP contribution >= 0.6 is 11.6 Å². The predicted molar refractivity (Wildman–Crippen MR) is 63.9 cm³/mol. The third-order valence-electron chi connectivity index (χ3n) is 2.46. The maximum Gasteiger partial charge on any atom is 0.285 e. The number of hydrogen-bond acceptors (Lipinski definition) is 4. The van der Waals surface area contributed by atoms with Crippen LogP contribution in [0.5, 0.6) is 0 Å². The Labute approximate surface area is 97.9 Å². The van der Waals surface area contributed by atoms with Crippen LogP contribution < -0.4 is 16.2 Å². The van der Waals surface area contributed by atoms with Crippen molar-refractivity contribution in [3.8, 4) is 0 Å². The van der Waals surface area contributed by atoms with E-state index in [-0.39, 0.29) is 10.6 Å². The summed E-state index contributed by atoms with van der Waals surface area (Å²) in [7, 11) is 0. The van der Waals surface area contributed by atoms with Crippen LogP contribution in [0.25, 0.3) is 0 Å². The van der Waals surface area contributed by atoms with Gasteiger partial charge in [-0.1, -0.05) is 23.3 Å². The van der Waals surface area contributed by atoms with Gasteiger partial charge in [0.25, 0.3) is 5.56 Å². The summed E-state index contributed by atoms with van der Waals surface area (Å²) in [6, 6.07) is 0. The van der Waals surface area contributed by atoms with E-state index in [9.17, 15) is 4.79 Å². The first-order valence-corrected chi connectivity index (χ1v) is 5.51. The summed E-state index contributed by atoms with van der Waals surface area (Å²) < 4.78 is 0. The molecule has 0 saturated heterocycles. The Morgan fingerprint density at radius 3 is 3.19 bits per heavy atom. The molecule has 2 rings (SSSR count). The van der Waals surface area contributed by atoms with E-state index in [1.165, 1.54) is 11.8 Å². The zero-order chi connectivity index (χ0) is 11.4. The Morgan fingerprint density at radius 2 is 2.44 bits per heavy atom. The van der Waals surface area contributed by atoms with Gasteiger partial charge in [-0.2, -0.15) is 5.10 Å². The highest BCUT2D eigenvalue weighted by atomic mass is 35.5. The van der Waals surface area contributed by atoms with Gasteiger partial charge in [0.15, 0.2) is 0 Å². The fourth-order valence-electron chi connectivity index (χ4n) is 1.55. The molecule has 0 fully saturated rings. The van der Waals surface area contributed by atoms with Crippen molar-refractivity contribution in [1.82, 2.24) is 15.5 Å². The van der Waals surface area contributed by atoms with Crippen molar-refractivity contribution in [3.05, 3.63) is 33.2 Å². The van der Waals surface area contributed by atoms with Crippen LogP contribution in [-0.4, -0.2) is 29.8 Å². The van der Waals surface area contributed by atoms with Gasteiger partial charge in [-0.3, -0.25) is 4.79 Å². The Kier molecular flexibility index (Phi) is 3.58. The van der Waals surface area contributed by atoms with Gasteiger partial charge >= 0.3 is 0 Å². The molecule has 1 aromatic rings. The molecule has 0 aliphatic carbocycles. The third kappa shape index (κ3) is 2.62. The highest BCUT2D eigenvalue weighted by Gasteiger charge is 2.06. The van der Waals surface area contributed by atoms with E-state index >= 15 is 0 Å². The quantitative estimate of drug-likeness (QED) is 0.682. The van der Waals surface area contributed by atoms with Crippen molar-refractivity contribution in [1.29, 1.82) is 0 Å². The first-order chi connectivity index (χ1) is 7.77. The number of aromatic amines is 1. The summed E-state index contributed by atoms with van der Waals surface area (Å²) in [5, 5.41) is 12.5. The standard InChI is InChI=1S/C10H13ClN4O/c11-9-8(6-14-15-10(9)16)13-5-7-1-3-12-4-2-7/h1,6,12H,2-5H2,(H2,13,15,16). The number of aromatic nitrogens is 2. The van der Waals surface area contributed by atoms with Gasteiger partial charge in [-0.25, -0.2) is 5.10 Å². The molecule has 0 radical (unpaired) electrons. The van der Waals surface area contributed by atoms with Gasteiger partial charge in [0.1, 0.15) is 5.02 Å². The number of nitrogens with zero attached hydrogens (tertiary/aromatic N) is 1. The molecule has 0 saturated carbocycles. The van der Waals surface area contributed by atoms with Gasteiger partial charge in [0.2, 0.25) is 0 Å². The molecule has 6 heteroatoms. The molecular formula is C10H13ClN4O. The van der Waals surface area contributed by atoms with Gasteiger partial charge in [0, 0.05) is 13.1 Å². The smallest absolute Gasteiger partial charge is 0.285 e. The summed E-state index contributed by atoms with van der Waals surface area (Å²) in [6.45, 7) is 2.60. The first kappa shape index (κ1) is 11.2. The zero-order valence-corrected chi connectivity index (χ0v) is 9.47. The van der Waals surface area contributed by atoms with E-state index in [0.717, 1.165) is 19.5 Å². The molecule has 0 amide bonds. The van der Waals surface area contributed by atoms with E-state index in [1.807, 2.05) is 0 Å². The van der Waals surface area contributed by atoms with Gasteiger partial charge in [-0.15, -0.1) is 0 Å². The maximum atomic E-state index is 11.2. The second-order valence-corrected chi connectivity index (χ2v) is 3.97. The Hall–Kier alpha value is -1.33. The number of anilines is 1. The van der Waals surface area contributed by atoms with Gasteiger partial charge in [-0.05, 0) is 13.0 Å². The Bertz CT molecular complexity index is 454. The summed E-state index contributed by atoms with van der Waals surface area (Å²) >= 11 is 5.83. The minimum absolute atomic E-state index is 0.157. The molecule has 1 aromatic heterocycles. The highest BCUT2D eigenvalue weighted by Crippen LogP contribution is 2.15. The summed E-state index contributed by atoms with van der Waals surface area (Å²) in [5.74, 6) is 0. The molecule has 0 spiro atoms. The van der Waals surface area contributed by atoms with Crippen LogP contribution in [-0.2, 0) is 0 Å². The SMILES string of the molecule is O=c1[nH]ncc(NCC2=CCNCC2)c1Cl. The van der Waals surface area contributed by atoms with Crippen LogP contribution in [0, 0.1) is 0 Å². The molecule has 0 unspecified atom stereocenters. The van der Waals surface area contributed by atoms with Crippen molar-refractivity contribution >= 4 is 17.3 Å². The summed E-state index contributed by atoms with van der Waals surface area (Å²) in [4.78, 5) is 11.2. The van der Waals surface area contributed by atoms with E-state index in [4.69, 9.17) is 11.6 Å². The Morgan fingerprint density at radius 1 is 1.56 bits per heavy atom. The molecule has 5 nitrogen and oxygen atoms in total. The zero-order valence-electron chi connectivity index (χ0n) is 8.72. The minimum Gasteiger partial charge on any atom is -0.379 e. The highest BCUT2D eigenvalue weighted by molar-refractivity contribution is 6.32. The van der Waals surface area contributed by atoms with Crippen LogP contribution in [0.4, 0.5) is 5.69 Å². The van der Waals surface area contributed by atoms with Crippen molar-refractivity contribution in [3.63, 3.8) is 0 Å². The fourth-order valence-corrected chi connectivity index (χ4v) is 1.70. The fraction of sp³-hybridized carbons (Fsp3) is 0.400. The second-order valence-electron chi connectivity index (χ2n) is 3.60. The minimum atomic E-state index is -0.369. The average molecular weight is 241 g/mol. The molecule has 16 heavy (non-hydrogen) atoms. The molecule has 86 valence electrons. The summed E-state index contributed by atoms with van der Waals surface area (Å²) in [6.07, 6.45) is 4.68. The number of nitrogens with one attached hydrogen (secondary N) is 3. The van der Waals surface area contributed by atoms with Crippen LogP contribution in [0.1, 0.15) is 6.42 Å². The first-order valence-electron chi connectivity index (χ1n) is 5.13. The van der Waals surface area contributed by atoms with Crippen molar-refractivity contribution in [2.45, 2.75) is 6.42 Å².